The van der Waals surface area contributed by atoms with Gasteiger partial charge in [0.15, 0.2) is 5.69 Å². The largest absolute Gasteiger partial charge is 0.423 e. The predicted molar refractivity (Wildman–Crippen MR) is 94.0 cm³/mol. The molecule has 0 aliphatic rings. The second kappa shape index (κ2) is 6.89. The molecule has 3 rings (SSSR count). The second-order valence-electron chi connectivity index (χ2n) is 5.13. The van der Waals surface area contributed by atoms with Crippen LogP contribution in [0.4, 0.5) is 0 Å². The zero-order chi connectivity index (χ0) is 18.0. The Balaban J connectivity index is 2.02. The molecule has 0 amide bonds. The molecule has 0 fully saturated rings. The molecular weight excluding hydrogens is 383 g/mol. The van der Waals surface area contributed by atoms with Gasteiger partial charge in [-0.1, -0.05) is 47.5 Å². The van der Waals surface area contributed by atoms with Gasteiger partial charge in [-0.05, 0) is 29.8 Å². The smallest absolute Gasteiger partial charge is 0.257 e. The Morgan fingerprint density at radius 2 is 1.84 bits per heavy atom. The normalized spacial score (nSPS) is 11.2. The summed E-state index contributed by atoms with van der Waals surface area (Å²) in [6.45, 7) is 0. The third-order valence-electron chi connectivity index (χ3n) is 3.37. The van der Waals surface area contributed by atoms with Crippen molar-refractivity contribution >= 4 is 33.0 Å². The zero-order valence-corrected chi connectivity index (χ0v) is 14.9. The van der Waals surface area contributed by atoms with Crippen LogP contribution in [-0.2, 0) is 15.6 Å². The van der Waals surface area contributed by atoms with E-state index in [2.05, 4.69) is 4.98 Å². The molecule has 1 heterocycles. The van der Waals surface area contributed by atoms with E-state index in [0.29, 0.717) is 16.1 Å². The van der Waals surface area contributed by atoms with Gasteiger partial charge in [0, 0.05) is 15.6 Å². The van der Waals surface area contributed by atoms with Gasteiger partial charge >= 0.3 is 0 Å². The van der Waals surface area contributed by atoms with Gasteiger partial charge in [-0.25, -0.2) is 8.42 Å². The summed E-state index contributed by atoms with van der Waals surface area (Å²) in [7, 11) is -3.96. The van der Waals surface area contributed by atoms with E-state index in [-0.39, 0.29) is 16.6 Å². The Kier molecular flexibility index (Phi) is 4.82. The van der Waals surface area contributed by atoms with E-state index in [0.717, 1.165) is 0 Å². The number of oxazole rings is 1. The van der Waals surface area contributed by atoms with Crippen LogP contribution in [0.5, 0.6) is 0 Å². The third-order valence-corrected chi connectivity index (χ3v) is 5.49. The Morgan fingerprint density at radius 1 is 1.12 bits per heavy atom. The molecule has 0 saturated carbocycles. The van der Waals surface area contributed by atoms with E-state index in [9.17, 15) is 13.7 Å². The number of sulfone groups is 1. The first kappa shape index (κ1) is 17.5. The molecular formula is C17H10Cl2N2O3S. The molecule has 2 aromatic carbocycles. The minimum absolute atomic E-state index is 0.0675. The maximum Gasteiger partial charge on any atom is 0.257 e. The standard InChI is InChI=1S/C17H10Cl2N2O3S/c18-13-7-6-12(14(19)8-13)10-25(22,23)17-15(9-20)21-16(24-17)11-4-2-1-3-5-11/h1-8H,10H2. The van der Waals surface area contributed by atoms with E-state index in [1.807, 2.05) is 0 Å². The fourth-order valence-electron chi connectivity index (χ4n) is 2.20. The van der Waals surface area contributed by atoms with Crippen LogP contribution < -0.4 is 0 Å². The summed E-state index contributed by atoms with van der Waals surface area (Å²) in [6.07, 6.45) is 0. The summed E-state index contributed by atoms with van der Waals surface area (Å²) in [6, 6.07) is 15.0. The molecule has 0 N–H and O–H groups in total. The summed E-state index contributed by atoms with van der Waals surface area (Å²) < 4.78 is 30.8. The van der Waals surface area contributed by atoms with Crippen LogP contribution in [0.25, 0.3) is 11.5 Å². The number of aromatic nitrogens is 1. The number of hydrogen-bond acceptors (Lipinski definition) is 5. The number of rotatable bonds is 4. The van der Waals surface area contributed by atoms with Crippen LogP contribution in [-0.4, -0.2) is 13.4 Å². The highest BCUT2D eigenvalue weighted by Gasteiger charge is 2.28. The molecule has 0 atom stereocenters. The van der Waals surface area contributed by atoms with Crippen molar-refractivity contribution in [1.29, 1.82) is 5.26 Å². The van der Waals surface area contributed by atoms with Crippen molar-refractivity contribution in [2.24, 2.45) is 0 Å². The average Bonchev–Trinajstić information content (AvgIpc) is 3.04. The molecule has 1 aromatic heterocycles. The maximum atomic E-state index is 12.7. The molecule has 0 radical (unpaired) electrons. The van der Waals surface area contributed by atoms with Gasteiger partial charge in [-0.3, -0.25) is 0 Å². The SMILES string of the molecule is N#Cc1nc(-c2ccccc2)oc1S(=O)(=O)Cc1ccc(Cl)cc1Cl. The number of halogens is 2. The number of benzene rings is 2. The van der Waals surface area contributed by atoms with Crippen molar-refractivity contribution in [3.63, 3.8) is 0 Å². The van der Waals surface area contributed by atoms with E-state index >= 15 is 0 Å². The van der Waals surface area contributed by atoms with E-state index in [1.54, 1.807) is 42.5 Å². The molecule has 0 aliphatic carbocycles. The van der Waals surface area contributed by atoms with E-state index in [1.165, 1.54) is 12.1 Å². The highest BCUT2D eigenvalue weighted by Crippen LogP contribution is 2.29. The summed E-state index contributed by atoms with van der Waals surface area (Å²) >= 11 is 11.9. The maximum absolute atomic E-state index is 12.7. The number of nitriles is 1. The summed E-state index contributed by atoms with van der Waals surface area (Å²) in [5, 5.41) is 9.36. The van der Waals surface area contributed by atoms with Crippen molar-refractivity contribution in [2.45, 2.75) is 10.8 Å². The van der Waals surface area contributed by atoms with Crippen LogP contribution in [0.3, 0.4) is 0 Å². The first-order valence-electron chi connectivity index (χ1n) is 7.04. The molecule has 3 aromatic rings. The van der Waals surface area contributed by atoms with E-state index in [4.69, 9.17) is 27.6 Å². The van der Waals surface area contributed by atoms with Crippen LogP contribution in [0.15, 0.2) is 58.0 Å². The number of nitrogens with zero attached hydrogens (tertiary/aromatic N) is 2. The first-order chi connectivity index (χ1) is 11.9. The van der Waals surface area contributed by atoms with Crippen LogP contribution in [0.2, 0.25) is 10.0 Å². The Morgan fingerprint density at radius 3 is 2.48 bits per heavy atom. The Labute approximate surface area is 154 Å². The fourth-order valence-corrected chi connectivity index (χ4v) is 4.14. The number of hydrogen-bond donors (Lipinski definition) is 0. The highest BCUT2D eigenvalue weighted by molar-refractivity contribution is 7.90. The quantitative estimate of drug-likeness (QED) is 0.652. The fraction of sp³-hybridized carbons (Fsp3) is 0.0588. The minimum Gasteiger partial charge on any atom is -0.423 e. The van der Waals surface area contributed by atoms with Gasteiger partial charge in [-0.2, -0.15) is 10.2 Å². The van der Waals surface area contributed by atoms with Crippen molar-refractivity contribution in [3.8, 4) is 17.5 Å². The average molecular weight is 393 g/mol. The topological polar surface area (TPSA) is 84.0 Å². The molecule has 126 valence electrons. The van der Waals surface area contributed by atoms with Crippen LogP contribution in [0.1, 0.15) is 11.3 Å². The molecule has 0 spiro atoms. The van der Waals surface area contributed by atoms with Gasteiger partial charge in [0.1, 0.15) is 6.07 Å². The minimum atomic E-state index is -3.96. The molecule has 0 aliphatic heterocycles. The lowest BCUT2D eigenvalue weighted by atomic mass is 10.2. The lowest BCUT2D eigenvalue weighted by Gasteiger charge is -2.04. The molecule has 0 saturated heterocycles. The van der Waals surface area contributed by atoms with Gasteiger partial charge < -0.3 is 4.42 Å². The molecule has 0 unspecified atom stereocenters. The van der Waals surface area contributed by atoms with Crippen LogP contribution in [0, 0.1) is 11.3 Å². The van der Waals surface area contributed by atoms with Crippen LogP contribution >= 0.6 is 23.2 Å². The van der Waals surface area contributed by atoms with Crippen molar-refractivity contribution in [1.82, 2.24) is 4.98 Å². The lowest BCUT2D eigenvalue weighted by molar-refractivity contribution is 0.457. The van der Waals surface area contributed by atoms with Gasteiger partial charge in [-0.15, -0.1) is 0 Å². The summed E-state index contributed by atoms with van der Waals surface area (Å²) in [5.41, 5.74) is 0.640. The second-order valence-corrected chi connectivity index (χ2v) is 7.86. The molecule has 8 heteroatoms. The zero-order valence-electron chi connectivity index (χ0n) is 12.6. The first-order valence-corrected chi connectivity index (χ1v) is 9.44. The Hall–Kier alpha value is -2.33. The van der Waals surface area contributed by atoms with E-state index < -0.39 is 20.7 Å². The summed E-state index contributed by atoms with van der Waals surface area (Å²) in [5.74, 6) is -0.362. The van der Waals surface area contributed by atoms with Gasteiger partial charge in [0.05, 0.1) is 5.75 Å². The molecule has 5 nitrogen and oxygen atoms in total. The van der Waals surface area contributed by atoms with Crippen molar-refractivity contribution in [2.75, 3.05) is 0 Å². The van der Waals surface area contributed by atoms with Crippen molar-refractivity contribution < 1.29 is 12.8 Å². The molecule has 25 heavy (non-hydrogen) atoms. The van der Waals surface area contributed by atoms with Gasteiger partial charge in [0.2, 0.25) is 15.7 Å². The highest BCUT2D eigenvalue weighted by atomic mass is 35.5. The lowest BCUT2D eigenvalue weighted by Crippen LogP contribution is -2.06. The third kappa shape index (κ3) is 3.69. The summed E-state index contributed by atoms with van der Waals surface area (Å²) in [4.78, 5) is 3.98. The van der Waals surface area contributed by atoms with Gasteiger partial charge in [0.25, 0.3) is 5.09 Å². The monoisotopic (exact) mass is 392 g/mol. The van der Waals surface area contributed by atoms with Crippen molar-refractivity contribution in [3.05, 3.63) is 69.8 Å². The predicted octanol–water partition coefficient (Wildman–Crippen LogP) is 4.49. The Bertz CT molecular complexity index is 1070. The molecule has 0 bridgehead atoms.